The molecule has 0 amide bonds. The summed E-state index contributed by atoms with van der Waals surface area (Å²) < 4.78 is 30.3. The minimum absolute atomic E-state index is 0.221. The van der Waals surface area contributed by atoms with E-state index in [4.69, 9.17) is 0 Å². The second-order valence-corrected chi connectivity index (χ2v) is 8.11. The summed E-state index contributed by atoms with van der Waals surface area (Å²) in [5.74, 6) is 0.474. The molecule has 6 heteroatoms. The van der Waals surface area contributed by atoms with Gasteiger partial charge in [0, 0.05) is 12.6 Å². The molecule has 0 saturated heterocycles. The van der Waals surface area contributed by atoms with E-state index in [1.165, 1.54) is 0 Å². The molecule has 27 heavy (non-hydrogen) atoms. The number of nitrogens with one attached hydrogen (secondary N) is 1. The van der Waals surface area contributed by atoms with E-state index in [2.05, 4.69) is 9.71 Å². The van der Waals surface area contributed by atoms with Gasteiger partial charge in [0.05, 0.1) is 10.6 Å². The van der Waals surface area contributed by atoms with Crippen molar-refractivity contribution in [3.8, 4) is 0 Å². The van der Waals surface area contributed by atoms with E-state index in [1.54, 1.807) is 34.7 Å². The molecule has 2 aromatic heterocycles. The zero-order valence-corrected chi connectivity index (χ0v) is 15.6. The van der Waals surface area contributed by atoms with Gasteiger partial charge in [0.2, 0.25) is 0 Å². The van der Waals surface area contributed by atoms with Crippen LogP contribution in [0.2, 0.25) is 0 Å². The zero-order valence-electron chi connectivity index (χ0n) is 14.8. The van der Waals surface area contributed by atoms with Crippen molar-refractivity contribution in [1.82, 2.24) is 9.38 Å². The van der Waals surface area contributed by atoms with Gasteiger partial charge in [0.15, 0.2) is 0 Å². The summed E-state index contributed by atoms with van der Waals surface area (Å²) in [6.07, 6.45) is 2.42. The number of aromatic nitrogens is 2. The van der Waals surface area contributed by atoms with E-state index >= 15 is 0 Å². The van der Waals surface area contributed by atoms with E-state index in [1.807, 2.05) is 55.6 Å². The Kier molecular flexibility index (Phi) is 4.41. The molecule has 4 aromatic rings. The average Bonchev–Trinajstić information content (AvgIpc) is 2.99. The maximum atomic E-state index is 12.9. The summed E-state index contributed by atoms with van der Waals surface area (Å²) in [4.78, 5) is 4.88. The SMILES string of the molecule is Cc1ccc2nc(Cc3ccccc3)c(NS(=O)(=O)c3ccccc3)n2c1. The lowest BCUT2D eigenvalue weighted by Gasteiger charge is -2.10. The Morgan fingerprint density at radius 1 is 0.926 bits per heavy atom. The highest BCUT2D eigenvalue weighted by Crippen LogP contribution is 2.25. The fourth-order valence-electron chi connectivity index (χ4n) is 3.01. The highest BCUT2D eigenvalue weighted by molar-refractivity contribution is 7.92. The Morgan fingerprint density at radius 3 is 2.30 bits per heavy atom. The van der Waals surface area contributed by atoms with Gasteiger partial charge >= 0.3 is 0 Å². The summed E-state index contributed by atoms with van der Waals surface area (Å²) in [5.41, 5.74) is 3.48. The molecular formula is C21H19N3O2S. The quantitative estimate of drug-likeness (QED) is 0.571. The van der Waals surface area contributed by atoms with Gasteiger partial charge in [0.25, 0.3) is 10.0 Å². The average molecular weight is 377 g/mol. The van der Waals surface area contributed by atoms with Gasteiger partial charge in [-0.05, 0) is 36.2 Å². The summed E-state index contributed by atoms with van der Waals surface area (Å²) in [7, 11) is -3.71. The lowest BCUT2D eigenvalue weighted by atomic mass is 10.1. The zero-order chi connectivity index (χ0) is 18.9. The minimum Gasteiger partial charge on any atom is -0.285 e. The lowest BCUT2D eigenvalue weighted by Crippen LogP contribution is -2.15. The first-order chi connectivity index (χ1) is 13.0. The van der Waals surface area contributed by atoms with Crippen LogP contribution in [0.4, 0.5) is 5.82 Å². The summed E-state index contributed by atoms with van der Waals surface area (Å²) in [6, 6.07) is 22.1. The van der Waals surface area contributed by atoms with Crippen LogP contribution in [0.3, 0.4) is 0 Å². The van der Waals surface area contributed by atoms with Crippen molar-refractivity contribution in [2.75, 3.05) is 4.72 Å². The monoisotopic (exact) mass is 377 g/mol. The highest BCUT2D eigenvalue weighted by Gasteiger charge is 2.20. The Labute approximate surface area is 158 Å². The van der Waals surface area contributed by atoms with Crippen molar-refractivity contribution >= 4 is 21.5 Å². The number of hydrogen-bond acceptors (Lipinski definition) is 3. The molecule has 0 saturated carbocycles. The predicted molar refractivity (Wildman–Crippen MR) is 106 cm³/mol. The number of benzene rings is 2. The van der Waals surface area contributed by atoms with Crippen molar-refractivity contribution in [2.24, 2.45) is 0 Å². The first-order valence-electron chi connectivity index (χ1n) is 8.62. The number of sulfonamides is 1. The molecule has 1 N–H and O–H groups in total. The van der Waals surface area contributed by atoms with Crippen LogP contribution in [-0.2, 0) is 16.4 Å². The molecule has 4 rings (SSSR count). The number of hydrogen-bond donors (Lipinski definition) is 1. The van der Waals surface area contributed by atoms with E-state index in [0.717, 1.165) is 11.1 Å². The highest BCUT2D eigenvalue weighted by atomic mass is 32.2. The number of anilines is 1. The van der Waals surface area contributed by atoms with Crippen molar-refractivity contribution in [1.29, 1.82) is 0 Å². The smallest absolute Gasteiger partial charge is 0.263 e. The van der Waals surface area contributed by atoms with Gasteiger partial charge in [-0.25, -0.2) is 13.4 Å². The van der Waals surface area contributed by atoms with Gasteiger partial charge < -0.3 is 0 Å². The van der Waals surface area contributed by atoms with E-state index < -0.39 is 10.0 Å². The van der Waals surface area contributed by atoms with Crippen LogP contribution in [-0.4, -0.2) is 17.8 Å². The van der Waals surface area contributed by atoms with Crippen molar-refractivity contribution in [3.05, 3.63) is 95.8 Å². The summed E-state index contributed by atoms with van der Waals surface area (Å²) in [6.45, 7) is 1.96. The molecule has 0 unspecified atom stereocenters. The van der Waals surface area contributed by atoms with Gasteiger partial charge in [-0.2, -0.15) is 0 Å². The van der Waals surface area contributed by atoms with Crippen LogP contribution >= 0.6 is 0 Å². The van der Waals surface area contributed by atoms with Gasteiger partial charge in [-0.1, -0.05) is 54.6 Å². The van der Waals surface area contributed by atoms with Crippen molar-refractivity contribution in [3.63, 3.8) is 0 Å². The molecule has 0 aliphatic heterocycles. The summed E-state index contributed by atoms with van der Waals surface area (Å²) in [5, 5.41) is 0. The van der Waals surface area contributed by atoms with Crippen LogP contribution < -0.4 is 4.72 Å². The molecule has 0 spiro atoms. The van der Waals surface area contributed by atoms with Crippen molar-refractivity contribution in [2.45, 2.75) is 18.2 Å². The van der Waals surface area contributed by atoms with E-state index in [9.17, 15) is 8.42 Å². The maximum Gasteiger partial charge on any atom is 0.263 e. The molecule has 0 atom stereocenters. The first kappa shape index (κ1) is 17.3. The second-order valence-electron chi connectivity index (χ2n) is 6.42. The Bertz CT molecular complexity index is 1180. The molecule has 2 aromatic carbocycles. The normalized spacial score (nSPS) is 11.6. The molecule has 0 bridgehead atoms. The molecule has 0 aliphatic carbocycles. The summed E-state index contributed by atoms with van der Waals surface area (Å²) >= 11 is 0. The largest absolute Gasteiger partial charge is 0.285 e. The van der Waals surface area contributed by atoms with Crippen molar-refractivity contribution < 1.29 is 8.42 Å². The molecular weight excluding hydrogens is 358 g/mol. The van der Waals surface area contributed by atoms with Gasteiger partial charge in [0.1, 0.15) is 11.5 Å². The van der Waals surface area contributed by atoms with E-state index in [-0.39, 0.29) is 4.90 Å². The second kappa shape index (κ2) is 6.89. The van der Waals surface area contributed by atoms with Crippen LogP contribution in [0, 0.1) is 6.92 Å². The Hall–Kier alpha value is -3.12. The molecule has 136 valence electrons. The number of rotatable bonds is 5. The van der Waals surface area contributed by atoms with Crippen LogP contribution in [0.5, 0.6) is 0 Å². The Morgan fingerprint density at radius 2 is 1.59 bits per heavy atom. The third kappa shape index (κ3) is 3.57. The fourth-order valence-corrected chi connectivity index (χ4v) is 4.11. The Balaban J connectivity index is 1.82. The number of aryl methyl sites for hydroxylation is 1. The van der Waals surface area contributed by atoms with Crippen LogP contribution in [0.15, 0.2) is 83.9 Å². The topological polar surface area (TPSA) is 63.5 Å². The molecule has 5 nitrogen and oxygen atoms in total. The fraction of sp³-hybridized carbons (Fsp3) is 0.0952. The lowest BCUT2D eigenvalue weighted by molar-refractivity contribution is 0.601. The van der Waals surface area contributed by atoms with Crippen LogP contribution in [0.25, 0.3) is 5.65 Å². The number of nitrogens with zero attached hydrogens (tertiary/aromatic N) is 2. The molecule has 2 heterocycles. The maximum absolute atomic E-state index is 12.9. The van der Waals surface area contributed by atoms with Gasteiger partial charge in [-0.15, -0.1) is 0 Å². The third-order valence-corrected chi connectivity index (χ3v) is 5.69. The number of fused-ring (bicyclic) bond motifs is 1. The minimum atomic E-state index is -3.71. The standard InChI is InChI=1S/C21H19N3O2S/c1-16-12-13-20-22-19(14-17-8-4-2-5-9-17)21(24(20)15-16)23-27(25,26)18-10-6-3-7-11-18/h2-13,15,23H,14H2,1H3. The van der Waals surface area contributed by atoms with Crippen LogP contribution in [0.1, 0.15) is 16.8 Å². The van der Waals surface area contributed by atoms with E-state index in [0.29, 0.717) is 23.6 Å². The third-order valence-electron chi connectivity index (χ3n) is 4.34. The number of pyridine rings is 1. The molecule has 0 fully saturated rings. The number of imidazole rings is 1. The first-order valence-corrected chi connectivity index (χ1v) is 10.1. The molecule has 0 radical (unpaired) electrons. The predicted octanol–water partition coefficient (Wildman–Crippen LogP) is 4.03. The van der Waals surface area contributed by atoms with Gasteiger partial charge in [-0.3, -0.25) is 9.12 Å². The molecule has 0 aliphatic rings.